The number of hydrogen-bond donors (Lipinski definition) is 1. The van der Waals surface area contributed by atoms with Gasteiger partial charge in [-0.2, -0.15) is 10.2 Å². The van der Waals surface area contributed by atoms with E-state index in [0.717, 1.165) is 0 Å². The van der Waals surface area contributed by atoms with Crippen molar-refractivity contribution in [2.45, 2.75) is 0 Å². The molecule has 0 radical (unpaired) electrons. The van der Waals surface area contributed by atoms with Crippen LogP contribution in [0.2, 0.25) is 0 Å². The van der Waals surface area contributed by atoms with Crippen LogP contribution in [0.3, 0.4) is 0 Å². The minimum absolute atomic E-state index is 0.167. The van der Waals surface area contributed by atoms with E-state index in [1.54, 1.807) is 24.4 Å². The van der Waals surface area contributed by atoms with Gasteiger partial charge in [0.25, 0.3) is 0 Å². The number of pyridine rings is 1. The Hall–Kier alpha value is -3.16. The molecule has 8 heteroatoms. The molecule has 0 fully saturated rings. The van der Waals surface area contributed by atoms with Crippen molar-refractivity contribution >= 4 is 5.97 Å². The summed E-state index contributed by atoms with van der Waals surface area (Å²) < 4.78 is 0. The van der Waals surface area contributed by atoms with Crippen LogP contribution in [-0.2, 0) is 0 Å². The van der Waals surface area contributed by atoms with Crippen molar-refractivity contribution in [3.8, 4) is 17.2 Å². The van der Waals surface area contributed by atoms with E-state index in [1.807, 2.05) is 0 Å². The maximum atomic E-state index is 11.2. The lowest BCUT2D eigenvalue weighted by Crippen LogP contribution is -2.10. The number of aromatic carboxylic acids is 1. The Kier molecular flexibility index (Phi) is 2.88. The summed E-state index contributed by atoms with van der Waals surface area (Å²) in [5.41, 5.74) is 0.430. The Morgan fingerprint density at radius 3 is 2.55 bits per heavy atom. The highest BCUT2D eigenvalue weighted by Gasteiger charge is 2.17. The number of hydrogen-bond acceptors (Lipinski definition) is 6. The normalized spacial score (nSPS) is 10.4. The number of rotatable bonds is 3. The molecule has 0 amide bonds. The highest BCUT2D eigenvalue weighted by Crippen LogP contribution is 2.18. The summed E-state index contributed by atoms with van der Waals surface area (Å²) in [6.45, 7) is 0. The van der Waals surface area contributed by atoms with Gasteiger partial charge >= 0.3 is 5.97 Å². The van der Waals surface area contributed by atoms with Crippen molar-refractivity contribution in [3.05, 3.63) is 48.7 Å². The minimum atomic E-state index is -1.17. The fourth-order valence-corrected chi connectivity index (χ4v) is 1.65. The first-order chi connectivity index (χ1) is 9.75. The summed E-state index contributed by atoms with van der Waals surface area (Å²) in [5, 5.41) is 17.0. The Morgan fingerprint density at radius 2 is 1.90 bits per heavy atom. The molecule has 3 aromatic heterocycles. The third kappa shape index (κ3) is 2.09. The van der Waals surface area contributed by atoms with E-state index >= 15 is 0 Å². The predicted molar refractivity (Wildman–Crippen MR) is 67.1 cm³/mol. The Balaban J connectivity index is 2.19. The number of nitrogens with zero attached hydrogens (tertiary/aromatic N) is 6. The Labute approximate surface area is 112 Å². The second-order valence-electron chi connectivity index (χ2n) is 3.76. The van der Waals surface area contributed by atoms with Gasteiger partial charge in [-0.1, -0.05) is 6.07 Å². The van der Waals surface area contributed by atoms with Crippen molar-refractivity contribution in [2.75, 3.05) is 0 Å². The van der Waals surface area contributed by atoms with Crippen LogP contribution < -0.4 is 0 Å². The van der Waals surface area contributed by atoms with Gasteiger partial charge in [-0.25, -0.2) is 14.8 Å². The maximum Gasteiger partial charge on any atom is 0.356 e. The van der Waals surface area contributed by atoms with Crippen molar-refractivity contribution in [2.24, 2.45) is 0 Å². The van der Waals surface area contributed by atoms with Crippen molar-refractivity contribution < 1.29 is 9.90 Å². The summed E-state index contributed by atoms with van der Waals surface area (Å²) in [6.07, 6.45) is 5.85. The SMILES string of the molecule is O=C(O)c1ncc(-n2nccn2)nc1-c1ccccn1. The summed E-state index contributed by atoms with van der Waals surface area (Å²) in [7, 11) is 0. The molecule has 0 saturated heterocycles. The Bertz CT molecular complexity index is 742. The van der Waals surface area contributed by atoms with Gasteiger partial charge in [-0.3, -0.25) is 4.98 Å². The average molecular weight is 268 g/mol. The smallest absolute Gasteiger partial charge is 0.356 e. The summed E-state index contributed by atoms with van der Waals surface area (Å²) in [6, 6.07) is 5.14. The van der Waals surface area contributed by atoms with E-state index in [4.69, 9.17) is 0 Å². The lowest BCUT2D eigenvalue weighted by Gasteiger charge is -2.06. The van der Waals surface area contributed by atoms with Crippen LogP contribution in [0.1, 0.15) is 10.5 Å². The number of carboxylic acid groups (broad SMARTS) is 1. The van der Waals surface area contributed by atoms with E-state index in [2.05, 4.69) is 25.1 Å². The van der Waals surface area contributed by atoms with Gasteiger partial charge in [0.15, 0.2) is 11.5 Å². The second kappa shape index (κ2) is 4.84. The van der Waals surface area contributed by atoms with Crippen LogP contribution in [0.25, 0.3) is 17.2 Å². The van der Waals surface area contributed by atoms with Crippen LogP contribution in [0.4, 0.5) is 0 Å². The fourth-order valence-electron chi connectivity index (χ4n) is 1.65. The molecule has 0 unspecified atom stereocenters. The second-order valence-corrected chi connectivity index (χ2v) is 3.76. The molecule has 20 heavy (non-hydrogen) atoms. The summed E-state index contributed by atoms with van der Waals surface area (Å²) >= 11 is 0. The fraction of sp³-hybridized carbons (Fsp3) is 0. The average Bonchev–Trinajstić information content (AvgIpc) is 3.02. The molecule has 1 N–H and O–H groups in total. The van der Waals surface area contributed by atoms with E-state index in [1.165, 1.54) is 23.4 Å². The third-order valence-corrected chi connectivity index (χ3v) is 2.49. The van der Waals surface area contributed by atoms with E-state index in [-0.39, 0.29) is 11.4 Å². The van der Waals surface area contributed by atoms with Gasteiger partial charge in [-0.05, 0) is 12.1 Å². The van der Waals surface area contributed by atoms with Crippen LogP contribution >= 0.6 is 0 Å². The molecule has 0 aromatic carbocycles. The molecular formula is C12H8N6O2. The summed E-state index contributed by atoms with van der Waals surface area (Å²) in [4.78, 5) is 24.7. The van der Waals surface area contributed by atoms with Gasteiger partial charge in [0.2, 0.25) is 0 Å². The van der Waals surface area contributed by atoms with Crippen LogP contribution in [0.5, 0.6) is 0 Å². The molecule has 0 aliphatic heterocycles. The molecule has 0 saturated carbocycles. The highest BCUT2D eigenvalue weighted by atomic mass is 16.4. The molecule has 3 rings (SSSR count). The molecule has 0 bridgehead atoms. The predicted octanol–water partition coefficient (Wildman–Crippen LogP) is 0.817. The zero-order chi connectivity index (χ0) is 13.9. The zero-order valence-corrected chi connectivity index (χ0v) is 10.1. The van der Waals surface area contributed by atoms with Crippen LogP contribution in [0, 0.1) is 0 Å². The minimum Gasteiger partial charge on any atom is -0.476 e. The molecule has 0 atom stereocenters. The van der Waals surface area contributed by atoms with Crippen LogP contribution in [-0.4, -0.2) is 41.0 Å². The van der Waals surface area contributed by atoms with Gasteiger partial charge in [-0.15, -0.1) is 4.80 Å². The van der Waals surface area contributed by atoms with Crippen LogP contribution in [0.15, 0.2) is 43.0 Å². The van der Waals surface area contributed by atoms with E-state index < -0.39 is 5.97 Å². The number of carbonyl (C=O) groups is 1. The van der Waals surface area contributed by atoms with Crippen molar-refractivity contribution in [1.29, 1.82) is 0 Å². The molecule has 8 nitrogen and oxygen atoms in total. The lowest BCUT2D eigenvalue weighted by molar-refractivity contribution is 0.0691. The maximum absolute atomic E-state index is 11.2. The van der Waals surface area contributed by atoms with Gasteiger partial charge in [0.05, 0.1) is 24.3 Å². The molecular weight excluding hydrogens is 260 g/mol. The topological polar surface area (TPSA) is 107 Å². The van der Waals surface area contributed by atoms with Gasteiger partial charge in [0, 0.05) is 6.20 Å². The molecule has 3 heterocycles. The molecule has 0 spiro atoms. The van der Waals surface area contributed by atoms with Gasteiger partial charge < -0.3 is 5.11 Å². The largest absolute Gasteiger partial charge is 0.476 e. The van der Waals surface area contributed by atoms with Crippen molar-refractivity contribution in [3.63, 3.8) is 0 Å². The first-order valence-electron chi connectivity index (χ1n) is 5.64. The molecule has 0 aliphatic carbocycles. The van der Waals surface area contributed by atoms with E-state index in [0.29, 0.717) is 11.5 Å². The first-order valence-corrected chi connectivity index (χ1v) is 5.64. The zero-order valence-electron chi connectivity index (χ0n) is 10.1. The first kappa shape index (κ1) is 11.9. The molecule has 0 aliphatic rings. The molecule has 98 valence electrons. The van der Waals surface area contributed by atoms with Gasteiger partial charge in [0.1, 0.15) is 5.69 Å². The van der Waals surface area contributed by atoms with Crippen molar-refractivity contribution in [1.82, 2.24) is 29.9 Å². The standard InChI is InChI=1S/C12H8N6O2/c19-12(20)11-10(8-3-1-2-4-13-8)17-9(7-14-11)18-15-5-6-16-18/h1-7H,(H,19,20). The van der Waals surface area contributed by atoms with E-state index in [9.17, 15) is 9.90 Å². The Morgan fingerprint density at radius 1 is 1.10 bits per heavy atom. The number of carboxylic acids is 1. The molecule has 3 aromatic rings. The highest BCUT2D eigenvalue weighted by molar-refractivity contribution is 5.92. The monoisotopic (exact) mass is 268 g/mol. The summed E-state index contributed by atoms with van der Waals surface area (Å²) in [5.74, 6) is -0.848. The number of aromatic nitrogens is 6. The quantitative estimate of drug-likeness (QED) is 0.749. The third-order valence-electron chi connectivity index (χ3n) is 2.49. The lowest BCUT2D eigenvalue weighted by atomic mass is 10.2.